The fraction of sp³-hybridized carbons (Fsp3) is 0.385. The van der Waals surface area contributed by atoms with Crippen LogP contribution in [0.4, 0.5) is 17.6 Å². The predicted octanol–water partition coefficient (Wildman–Crippen LogP) is 3.52. The number of hydrogen-bond acceptors (Lipinski definition) is 4. The van der Waals surface area contributed by atoms with Crippen LogP contribution in [0.5, 0.6) is 0 Å². The van der Waals surface area contributed by atoms with Crippen molar-refractivity contribution in [2.75, 3.05) is 6.61 Å². The fourth-order valence-corrected chi connectivity index (χ4v) is 2.41. The molecule has 0 heterocycles. The van der Waals surface area contributed by atoms with Crippen molar-refractivity contribution in [2.24, 2.45) is 0 Å². The van der Waals surface area contributed by atoms with Gasteiger partial charge >= 0.3 is 17.5 Å². The zero-order valence-electron chi connectivity index (χ0n) is 10.9. The number of carbonyl (C=O) groups excluding carboxylic acids is 2. The van der Waals surface area contributed by atoms with Gasteiger partial charge in [0.2, 0.25) is 0 Å². The summed E-state index contributed by atoms with van der Waals surface area (Å²) in [5.74, 6) is -1.05. The van der Waals surface area contributed by atoms with Crippen molar-refractivity contribution in [3.63, 3.8) is 0 Å². The van der Waals surface area contributed by atoms with Gasteiger partial charge in [-0.15, -0.1) is 0 Å². The summed E-state index contributed by atoms with van der Waals surface area (Å²) in [5.41, 5.74) is -4.97. The normalized spacial score (nSPS) is 12.8. The van der Waals surface area contributed by atoms with Gasteiger partial charge < -0.3 is 4.74 Å². The Morgan fingerprint density at radius 2 is 1.90 bits per heavy atom. The lowest BCUT2D eigenvalue weighted by molar-refractivity contribution is -0.142. The topological polar surface area (TPSA) is 43.4 Å². The van der Waals surface area contributed by atoms with Crippen molar-refractivity contribution in [3.8, 4) is 0 Å². The predicted molar refractivity (Wildman–Crippen MR) is 69.7 cm³/mol. The number of alkyl halides is 3. The molecule has 116 valence electrons. The zero-order valence-corrected chi connectivity index (χ0v) is 11.8. The van der Waals surface area contributed by atoms with E-state index in [0.29, 0.717) is 0 Å². The minimum absolute atomic E-state index is 0.0276. The first-order chi connectivity index (χ1) is 9.74. The summed E-state index contributed by atoms with van der Waals surface area (Å²) in [6.07, 6.45) is -0.450. The maximum Gasteiger partial charge on any atom is 0.442 e. The molecule has 0 amide bonds. The lowest BCUT2D eigenvalue weighted by atomic mass is 10.0. The van der Waals surface area contributed by atoms with Crippen LogP contribution in [0.15, 0.2) is 24.3 Å². The highest BCUT2D eigenvalue weighted by atomic mass is 32.2. The van der Waals surface area contributed by atoms with Crippen molar-refractivity contribution in [1.29, 1.82) is 0 Å². The average Bonchev–Trinajstić information content (AvgIpc) is 2.37. The molecule has 0 aromatic heterocycles. The molecule has 0 saturated carbocycles. The summed E-state index contributed by atoms with van der Waals surface area (Å²) >= 11 is -0.543. The van der Waals surface area contributed by atoms with Crippen LogP contribution in [0.2, 0.25) is 0 Å². The average molecular weight is 324 g/mol. The summed E-state index contributed by atoms with van der Waals surface area (Å²) in [6, 6.07) is 3.52. The SMILES string of the molecule is CCOC(=O)C(Cc1ccccc1C(=O)F)SC(F)(F)F. The summed E-state index contributed by atoms with van der Waals surface area (Å²) < 4.78 is 54.9. The van der Waals surface area contributed by atoms with Gasteiger partial charge in [-0.3, -0.25) is 9.59 Å². The minimum Gasteiger partial charge on any atom is -0.465 e. The van der Waals surface area contributed by atoms with Gasteiger partial charge in [0, 0.05) is 0 Å². The van der Waals surface area contributed by atoms with E-state index in [9.17, 15) is 27.2 Å². The standard InChI is InChI=1S/C13H12F4O3S/c1-2-20-12(19)10(21-13(15,16)17)7-8-5-3-4-6-9(8)11(14)18/h3-6,10H,2,7H2,1H3. The number of benzene rings is 1. The van der Waals surface area contributed by atoms with Crippen molar-refractivity contribution in [2.45, 2.75) is 24.1 Å². The van der Waals surface area contributed by atoms with Gasteiger partial charge in [0.15, 0.2) is 0 Å². The van der Waals surface area contributed by atoms with Gasteiger partial charge in [0.25, 0.3) is 0 Å². The Morgan fingerprint density at radius 1 is 1.29 bits per heavy atom. The van der Waals surface area contributed by atoms with Gasteiger partial charge in [-0.1, -0.05) is 18.2 Å². The lowest BCUT2D eigenvalue weighted by Crippen LogP contribution is -2.27. The molecule has 0 bridgehead atoms. The van der Waals surface area contributed by atoms with E-state index >= 15 is 0 Å². The van der Waals surface area contributed by atoms with Gasteiger partial charge in [-0.05, 0) is 36.7 Å². The highest BCUT2D eigenvalue weighted by molar-refractivity contribution is 8.01. The molecule has 8 heteroatoms. The molecule has 3 nitrogen and oxygen atoms in total. The van der Waals surface area contributed by atoms with Crippen LogP contribution in [0, 0.1) is 0 Å². The Bertz CT molecular complexity index is 516. The molecule has 1 rings (SSSR count). The highest BCUT2D eigenvalue weighted by Crippen LogP contribution is 2.36. The van der Waals surface area contributed by atoms with Crippen LogP contribution in [0.1, 0.15) is 22.8 Å². The van der Waals surface area contributed by atoms with Crippen LogP contribution in [0.25, 0.3) is 0 Å². The maximum atomic E-state index is 12.8. The number of carbonyl (C=O) groups is 2. The van der Waals surface area contributed by atoms with Crippen molar-refractivity contribution >= 4 is 23.8 Å². The molecule has 1 atom stereocenters. The highest BCUT2D eigenvalue weighted by Gasteiger charge is 2.37. The minimum atomic E-state index is -4.65. The van der Waals surface area contributed by atoms with Gasteiger partial charge in [0.05, 0.1) is 12.2 Å². The Balaban J connectivity index is 3.01. The molecule has 0 radical (unpaired) electrons. The van der Waals surface area contributed by atoms with E-state index in [4.69, 9.17) is 0 Å². The Labute approximate surface area is 122 Å². The molecule has 0 aliphatic carbocycles. The first-order valence-electron chi connectivity index (χ1n) is 5.93. The van der Waals surface area contributed by atoms with Gasteiger partial charge in [-0.25, -0.2) is 0 Å². The van der Waals surface area contributed by atoms with E-state index in [-0.39, 0.29) is 17.7 Å². The number of hydrogen-bond donors (Lipinski definition) is 0. The third-order valence-corrected chi connectivity index (χ3v) is 3.37. The van der Waals surface area contributed by atoms with Crippen molar-refractivity contribution in [3.05, 3.63) is 35.4 Å². The quantitative estimate of drug-likeness (QED) is 0.456. The lowest BCUT2D eigenvalue weighted by Gasteiger charge is -2.17. The van der Waals surface area contributed by atoms with E-state index in [1.54, 1.807) is 0 Å². The Morgan fingerprint density at radius 3 is 2.43 bits per heavy atom. The molecule has 0 aliphatic rings. The molecule has 0 aliphatic heterocycles. The molecular weight excluding hydrogens is 312 g/mol. The number of thioether (sulfide) groups is 1. The van der Waals surface area contributed by atoms with Crippen molar-refractivity contribution < 1.29 is 31.9 Å². The fourth-order valence-electron chi connectivity index (χ4n) is 1.66. The number of rotatable bonds is 6. The van der Waals surface area contributed by atoms with Crippen LogP contribution >= 0.6 is 11.8 Å². The Kier molecular flexibility index (Phi) is 6.19. The van der Waals surface area contributed by atoms with Crippen molar-refractivity contribution in [1.82, 2.24) is 0 Å². The second kappa shape index (κ2) is 7.44. The molecule has 0 fully saturated rings. The summed E-state index contributed by atoms with van der Waals surface area (Å²) in [5, 5.41) is -1.59. The maximum absolute atomic E-state index is 12.8. The van der Waals surface area contributed by atoms with E-state index in [1.807, 2.05) is 0 Å². The van der Waals surface area contributed by atoms with E-state index in [1.165, 1.54) is 25.1 Å². The molecule has 0 saturated heterocycles. The molecule has 1 aromatic rings. The van der Waals surface area contributed by atoms with Crippen LogP contribution in [0.3, 0.4) is 0 Å². The molecule has 21 heavy (non-hydrogen) atoms. The van der Waals surface area contributed by atoms with Gasteiger partial charge in [-0.2, -0.15) is 17.6 Å². The van der Waals surface area contributed by atoms with E-state index in [0.717, 1.165) is 6.07 Å². The summed E-state index contributed by atoms with van der Waals surface area (Å²) in [4.78, 5) is 22.4. The van der Waals surface area contributed by atoms with Crippen LogP contribution in [-0.2, 0) is 16.0 Å². The monoisotopic (exact) mass is 324 g/mol. The molecular formula is C13H12F4O3S. The molecule has 1 unspecified atom stereocenters. The van der Waals surface area contributed by atoms with Crippen LogP contribution < -0.4 is 0 Å². The smallest absolute Gasteiger partial charge is 0.442 e. The first kappa shape index (κ1) is 17.5. The van der Waals surface area contributed by atoms with Gasteiger partial charge in [0.1, 0.15) is 5.25 Å². The Hall–Kier alpha value is -1.57. The largest absolute Gasteiger partial charge is 0.465 e. The third-order valence-electron chi connectivity index (χ3n) is 2.46. The summed E-state index contributed by atoms with van der Waals surface area (Å²) in [7, 11) is 0. The zero-order chi connectivity index (χ0) is 16.0. The molecule has 0 spiro atoms. The van der Waals surface area contributed by atoms with E-state index in [2.05, 4.69) is 4.74 Å². The number of ether oxygens (including phenoxy) is 1. The molecule has 0 N–H and O–H groups in total. The third kappa shape index (κ3) is 5.74. The second-order valence-corrected chi connectivity index (χ2v) is 5.21. The molecule has 1 aromatic carbocycles. The summed E-state index contributed by atoms with van der Waals surface area (Å²) in [6.45, 7) is 1.39. The second-order valence-electron chi connectivity index (χ2n) is 3.94. The number of halogens is 4. The number of esters is 1. The van der Waals surface area contributed by atoms with Crippen LogP contribution in [-0.4, -0.2) is 29.4 Å². The first-order valence-corrected chi connectivity index (χ1v) is 6.81. The van der Waals surface area contributed by atoms with E-state index < -0.39 is 40.9 Å².